The van der Waals surface area contributed by atoms with Gasteiger partial charge in [0.05, 0.1) is 6.04 Å². The summed E-state index contributed by atoms with van der Waals surface area (Å²) in [6.07, 6.45) is 2.58. The van der Waals surface area contributed by atoms with E-state index in [0.29, 0.717) is 0 Å². The zero-order chi connectivity index (χ0) is 19.4. The molecule has 1 aliphatic rings. The fourth-order valence-electron chi connectivity index (χ4n) is 3.67. The highest BCUT2D eigenvalue weighted by Gasteiger charge is 2.42. The van der Waals surface area contributed by atoms with Crippen LogP contribution in [0.3, 0.4) is 0 Å². The molecule has 0 radical (unpaired) electrons. The first kappa shape index (κ1) is 19.5. The van der Waals surface area contributed by atoms with Crippen LogP contribution in [0.1, 0.15) is 69.9 Å². The van der Waals surface area contributed by atoms with Gasteiger partial charge in [-0.15, -0.1) is 0 Å². The number of rotatable bonds is 7. The Labute approximate surface area is 161 Å². The Morgan fingerprint density at radius 3 is 2.59 bits per heavy atom. The molecule has 2 heterocycles. The van der Waals surface area contributed by atoms with Crippen LogP contribution in [0, 0.1) is 0 Å². The number of nitrogens with zero attached hydrogens (tertiary/aromatic N) is 4. The quantitative estimate of drug-likeness (QED) is 0.746. The number of hydrogen-bond acceptors (Lipinski definition) is 4. The van der Waals surface area contributed by atoms with Crippen molar-refractivity contribution in [2.24, 2.45) is 0 Å². The summed E-state index contributed by atoms with van der Waals surface area (Å²) in [5, 5.41) is 4.68. The van der Waals surface area contributed by atoms with Gasteiger partial charge in [-0.05, 0) is 25.8 Å². The van der Waals surface area contributed by atoms with E-state index >= 15 is 0 Å². The van der Waals surface area contributed by atoms with Gasteiger partial charge in [-0.25, -0.2) is 9.67 Å². The summed E-state index contributed by atoms with van der Waals surface area (Å²) in [5.74, 6) is 1.67. The summed E-state index contributed by atoms with van der Waals surface area (Å²) >= 11 is 0. The lowest BCUT2D eigenvalue weighted by atomic mass is 9.95. The molecular formula is C21H30N4O2. The van der Waals surface area contributed by atoms with Crippen molar-refractivity contribution in [2.75, 3.05) is 6.61 Å². The fraction of sp³-hybridized carbons (Fsp3) is 0.571. The highest BCUT2D eigenvalue weighted by Crippen LogP contribution is 2.40. The molecule has 1 aromatic heterocycles. The Hall–Kier alpha value is -2.21. The van der Waals surface area contributed by atoms with Crippen molar-refractivity contribution in [3.8, 4) is 0 Å². The van der Waals surface area contributed by atoms with Crippen LogP contribution in [0.15, 0.2) is 30.3 Å². The van der Waals surface area contributed by atoms with Gasteiger partial charge < -0.3 is 9.64 Å². The Morgan fingerprint density at radius 2 is 1.96 bits per heavy atom. The summed E-state index contributed by atoms with van der Waals surface area (Å²) in [4.78, 5) is 19.4. The average Bonchev–Trinajstić information content (AvgIpc) is 3.09. The van der Waals surface area contributed by atoms with E-state index in [4.69, 9.17) is 9.72 Å². The van der Waals surface area contributed by atoms with Gasteiger partial charge in [-0.3, -0.25) is 4.79 Å². The van der Waals surface area contributed by atoms with E-state index in [1.54, 1.807) is 0 Å². The zero-order valence-electron chi connectivity index (χ0n) is 16.8. The lowest BCUT2D eigenvalue weighted by Gasteiger charge is -2.43. The minimum Gasteiger partial charge on any atom is -0.358 e. The third-order valence-corrected chi connectivity index (χ3v) is 5.00. The average molecular weight is 370 g/mol. The first-order valence-electron chi connectivity index (χ1n) is 9.98. The second kappa shape index (κ2) is 8.65. The van der Waals surface area contributed by atoms with Gasteiger partial charge in [0.2, 0.25) is 5.91 Å². The van der Waals surface area contributed by atoms with Crippen LogP contribution in [0.2, 0.25) is 0 Å². The van der Waals surface area contributed by atoms with Crippen LogP contribution in [-0.4, -0.2) is 38.2 Å². The van der Waals surface area contributed by atoms with Crippen molar-refractivity contribution in [2.45, 2.75) is 71.7 Å². The SMILES string of the molecule is CCCCn1nc(CC)nc1[C@H]1OCC(=O)N(C(C)C)[C@@H]1c1ccccc1. The maximum absolute atomic E-state index is 12.7. The Kier molecular flexibility index (Phi) is 6.26. The molecule has 1 saturated heterocycles. The molecule has 27 heavy (non-hydrogen) atoms. The summed E-state index contributed by atoms with van der Waals surface area (Å²) in [6, 6.07) is 9.98. The molecule has 3 rings (SSSR count). The summed E-state index contributed by atoms with van der Waals surface area (Å²) in [5.41, 5.74) is 1.06. The number of carbonyl (C=O) groups excluding carboxylic acids is 1. The molecule has 0 aliphatic carbocycles. The molecule has 0 N–H and O–H groups in total. The number of benzene rings is 1. The third kappa shape index (κ3) is 4.05. The number of hydrogen-bond donors (Lipinski definition) is 0. The lowest BCUT2D eigenvalue weighted by molar-refractivity contribution is -0.162. The molecule has 1 aromatic carbocycles. The highest BCUT2D eigenvalue weighted by molar-refractivity contribution is 5.79. The van der Waals surface area contributed by atoms with E-state index in [1.807, 2.05) is 27.8 Å². The minimum absolute atomic E-state index is 0.0189. The predicted octanol–water partition coefficient (Wildman–Crippen LogP) is 3.69. The van der Waals surface area contributed by atoms with Crippen LogP contribution >= 0.6 is 0 Å². The molecule has 0 bridgehead atoms. The molecule has 0 saturated carbocycles. The van der Waals surface area contributed by atoms with Crippen molar-refractivity contribution in [1.29, 1.82) is 0 Å². The monoisotopic (exact) mass is 370 g/mol. The summed E-state index contributed by atoms with van der Waals surface area (Å²) < 4.78 is 8.07. The molecule has 6 heteroatoms. The largest absolute Gasteiger partial charge is 0.358 e. The standard InChI is InChI=1S/C21H30N4O2/c1-5-7-13-24-21(22-17(6-2)23-24)20-19(16-11-9-8-10-12-16)25(15(3)4)18(26)14-27-20/h8-12,15,19-20H,5-7,13-14H2,1-4H3/t19-,20+/m1/s1. The number of aryl methyl sites for hydroxylation is 2. The third-order valence-electron chi connectivity index (χ3n) is 5.00. The van der Waals surface area contributed by atoms with Crippen molar-refractivity contribution in [3.63, 3.8) is 0 Å². The number of aromatic nitrogens is 3. The Bertz CT molecular complexity index is 757. The second-order valence-corrected chi connectivity index (χ2v) is 7.30. The maximum atomic E-state index is 12.7. The van der Waals surface area contributed by atoms with Crippen molar-refractivity contribution in [3.05, 3.63) is 47.5 Å². The molecule has 146 valence electrons. The van der Waals surface area contributed by atoms with Gasteiger partial charge in [0.25, 0.3) is 0 Å². The molecular weight excluding hydrogens is 340 g/mol. The van der Waals surface area contributed by atoms with Crippen LogP contribution in [0.4, 0.5) is 0 Å². The van der Waals surface area contributed by atoms with Gasteiger partial charge in [0, 0.05) is 19.0 Å². The highest BCUT2D eigenvalue weighted by atomic mass is 16.5. The minimum atomic E-state index is -0.322. The lowest BCUT2D eigenvalue weighted by Crippen LogP contribution is -2.49. The van der Waals surface area contributed by atoms with Gasteiger partial charge in [-0.2, -0.15) is 5.10 Å². The Balaban J connectivity index is 2.06. The summed E-state index contributed by atoms with van der Waals surface area (Å²) in [7, 11) is 0. The molecule has 6 nitrogen and oxygen atoms in total. The van der Waals surface area contributed by atoms with E-state index in [-0.39, 0.29) is 30.7 Å². The van der Waals surface area contributed by atoms with Crippen LogP contribution in [0.5, 0.6) is 0 Å². The molecule has 0 spiro atoms. The van der Waals surface area contributed by atoms with Crippen LogP contribution in [0.25, 0.3) is 0 Å². The molecule has 1 aliphatic heterocycles. The van der Waals surface area contributed by atoms with E-state index in [0.717, 1.165) is 43.0 Å². The second-order valence-electron chi connectivity index (χ2n) is 7.30. The zero-order valence-corrected chi connectivity index (χ0v) is 16.8. The molecule has 2 atom stereocenters. The number of morpholine rings is 1. The molecule has 1 amide bonds. The molecule has 2 aromatic rings. The smallest absolute Gasteiger partial charge is 0.249 e. The van der Waals surface area contributed by atoms with E-state index in [2.05, 4.69) is 44.9 Å². The molecule has 1 fully saturated rings. The van der Waals surface area contributed by atoms with Crippen LogP contribution < -0.4 is 0 Å². The first-order valence-corrected chi connectivity index (χ1v) is 9.98. The van der Waals surface area contributed by atoms with Gasteiger partial charge in [-0.1, -0.05) is 50.6 Å². The summed E-state index contributed by atoms with van der Waals surface area (Å²) in [6.45, 7) is 9.22. The van der Waals surface area contributed by atoms with Crippen molar-refractivity contribution in [1.82, 2.24) is 19.7 Å². The van der Waals surface area contributed by atoms with Gasteiger partial charge in [0.15, 0.2) is 11.6 Å². The maximum Gasteiger partial charge on any atom is 0.249 e. The van der Waals surface area contributed by atoms with Crippen molar-refractivity contribution < 1.29 is 9.53 Å². The number of unbranched alkanes of at least 4 members (excludes halogenated alkanes) is 1. The Morgan fingerprint density at radius 1 is 1.22 bits per heavy atom. The fourth-order valence-corrected chi connectivity index (χ4v) is 3.67. The first-order chi connectivity index (χ1) is 13.1. The molecule has 0 unspecified atom stereocenters. The number of carbonyl (C=O) groups is 1. The number of amides is 1. The topological polar surface area (TPSA) is 60.2 Å². The van der Waals surface area contributed by atoms with E-state index < -0.39 is 0 Å². The predicted molar refractivity (Wildman–Crippen MR) is 104 cm³/mol. The van der Waals surface area contributed by atoms with Crippen molar-refractivity contribution >= 4 is 5.91 Å². The van der Waals surface area contributed by atoms with Gasteiger partial charge >= 0.3 is 0 Å². The normalized spacial score (nSPS) is 20.5. The van der Waals surface area contributed by atoms with E-state index in [1.165, 1.54) is 0 Å². The van der Waals surface area contributed by atoms with Crippen LogP contribution in [-0.2, 0) is 22.5 Å². The number of ether oxygens (including phenoxy) is 1. The van der Waals surface area contributed by atoms with Gasteiger partial charge in [0.1, 0.15) is 12.7 Å². The van der Waals surface area contributed by atoms with E-state index in [9.17, 15) is 4.79 Å².